The molecule has 0 unspecified atom stereocenters. The van der Waals surface area contributed by atoms with Crippen LogP contribution in [0.5, 0.6) is 5.75 Å². The van der Waals surface area contributed by atoms with Gasteiger partial charge in [0.05, 0.1) is 24.8 Å². The Morgan fingerprint density at radius 1 is 1.00 bits per heavy atom. The van der Waals surface area contributed by atoms with Gasteiger partial charge in [-0.2, -0.15) is 0 Å². The van der Waals surface area contributed by atoms with Gasteiger partial charge in [-0.05, 0) is 49.9 Å². The summed E-state index contributed by atoms with van der Waals surface area (Å²) in [5.74, 6) is -0.757. The highest BCUT2D eigenvalue weighted by molar-refractivity contribution is 5.99. The van der Waals surface area contributed by atoms with Gasteiger partial charge in [-0.15, -0.1) is 0 Å². The van der Waals surface area contributed by atoms with Crippen molar-refractivity contribution >= 4 is 23.4 Å². The van der Waals surface area contributed by atoms with Crippen molar-refractivity contribution in [2.45, 2.75) is 45.2 Å². The molecule has 10 heteroatoms. The van der Waals surface area contributed by atoms with E-state index in [-0.39, 0.29) is 25.4 Å². The highest BCUT2D eigenvalue weighted by Gasteiger charge is 2.27. The molecule has 2 aromatic carbocycles. The molecule has 0 bridgehead atoms. The first-order valence-electron chi connectivity index (χ1n) is 12.6. The lowest BCUT2D eigenvalue weighted by atomic mass is 10.0. The van der Waals surface area contributed by atoms with E-state index >= 15 is 0 Å². The Morgan fingerprint density at radius 2 is 1.68 bits per heavy atom. The SMILES string of the molecule is CCOc1cc(C)ccc1NC(=O)[C@H](CCc1ccccc1)NC(=O)[C@@H](N)CC(=O)N(CCN)CCN. The van der Waals surface area contributed by atoms with E-state index in [1.165, 1.54) is 4.90 Å². The van der Waals surface area contributed by atoms with Gasteiger partial charge in [-0.3, -0.25) is 14.4 Å². The molecule has 0 fully saturated rings. The zero-order valence-electron chi connectivity index (χ0n) is 21.7. The minimum atomic E-state index is -1.13. The van der Waals surface area contributed by atoms with Gasteiger partial charge in [0.1, 0.15) is 11.8 Å². The van der Waals surface area contributed by atoms with Crippen molar-refractivity contribution in [3.63, 3.8) is 0 Å². The Balaban J connectivity index is 2.14. The average molecular weight is 513 g/mol. The second-order valence-electron chi connectivity index (χ2n) is 8.78. The molecule has 0 aliphatic heterocycles. The smallest absolute Gasteiger partial charge is 0.247 e. The molecule has 2 aromatic rings. The second kappa shape index (κ2) is 15.6. The van der Waals surface area contributed by atoms with E-state index in [9.17, 15) is 14.4 Å². The van der Waals surface area contributed by atoms with Gasteiger partial charge in [0.2, 0.25) is 17.7 Å². The van der Waals surface area contributed by atoms with Crippen LogP contribution in [-0.2, 0) is 20.8 Å². The zero-order chi connectivity index (χ0) is 27.2. The monoisotopic (exact) mass is 512 g/mol. The molecule has 3 amide bonds. The van der Waals surface area contributed by atoms with Gasteiger partial charge < -0.3 is 37.5 Å². The molecule has 0 spiro atoms. The first-order chi connectivity index (χ1) is 17.8. The van der Waals surface area contributed by atoms with E-state index in [2.05, 4.69) is 10.6 Å². The minimum absolute atomic E-state index is 0.217. The Morgan fingerprint density at radius 3 is 2.30 bits per heavy atom. The maximum atomic E-state index is 13.3. The molecule has 2 atom stereocenters. The number of benzene rings is 2. The summed E-state index contributed by atoms with van der Waals surface area (Å²) in [6.07, 6.45) is 0.677. The van der Waals surface area contributed by atoms with E-state index in [1.54, 1.807) is 6.07 Å². The van der Waals surface area contributed by atoms with Gasteiger partial charge in [0.25, 0.3) is 0 Å². The van der Waals surface area contributed by atoms with Crippen LogP contribution in [0.4, 0.5) is 5.69 Å². The third-order valence-corrected chi connectivity index (χ3v) is 5.77. The Hall–Kier alpha value is -3.47. The molecule has 0 aliphatic carbocycles. The van der Waals surface area contributed by atoms with Crippen LogP contribution in [0.15, 0.2) is 48.5 Å². The van der Waals surface area contributed by atoms with Gasteiger partial charge in [0, 0.05) is 26.2 Å². The van der Waals surface area contributed by atoms with Crippen molar-refractivity contribution in [2.24, 2.45) is 17.2 Å². The summed E-state index contributed by atoms with van der Waals surface area (Å²) in [6, 6.07) is 13.1. The number of nitrogens with one attached hydrogen (secondary N) is 2. The van der Waals surface area contributed by atoms with Crippen LogP contribution in [0.3, 0.4) is 0 Å². The predicted octanol–water partition coefficient (Wildman–Crippen LogP) is 0.913. The largest absolute Gasteiger partial charge is 0.492 e. The van der Waals surface area contributed by atoms with E-state index < -0.39 is 23.9 Å². The molecule has 2 rings (SSSR count). The standard InChI is InChI=1S/C27H40N6O4/c1-3-37-24-17-19(2)9-11-22(24)31-27(36)23(12-10-20-7-5-4-6-8-20)32-26(35)21(30)18-25(34)33(15-13-28)16-14-29/h4-9,11,17,21,23H,3,10,12-16,18,28-30H2,1-2H3,(H,31,36)(H,32,35)/t21-,23-/m0/s1. The number of anilines is 1. The van der Waals surface area contributed by atoms with Crippen LogP contribution in [0.25, 0.3) is 0 Å². The molecule has 0 heterocycles. The number of carbonyl (C=O) groups is 3. The highest BCUT2D eigenvalue weighted by atomic mass is 16.5. The Labute approximate surface area is 218 Å². The number of amides is 3. The topological polar surface area (TPSA) is 166 Å². The van der Waals surface area contributed by atoms with Crippen molar-refractivity contribution in [2.75, 3.05) is 38.1 Å². The first-order valence-corrected chi connectivity index (χ1v) is 12.6. The molecular formula is C27H40N6O4. The number of hydrogen-bond donors (Lipinski definition) is 5. The maximum Gasteiger partial charge on any atom is 0.247 e. The van der Waals surface area contributed by atoms with Crippen LogP contribution < -0.4 is 32.6 Å². The van der Waals surface area contributed by atoms with Crippen LogP contribution in [0, 0.1) is 6.92 Å². The van der Waals surface area contributed by atoms with Crippen molar-refractivity contribution in [3.8, 4) is 5.75 Å². The van der Waals surface area contributed by atoms with Crippen LogP contribution in [-0.4, -0.2) is 67.5 Å². The van der Waals surface area contributed by atoms with E-state index in [1.807, 2.05) is 56.3 Å². The summed E-state index contributed by atoms with van der Waals surface area (Å²) < 4.78 is 5.67. The van der Waals surface area contributed by atoms with Crippen molar-refractivity contribution in [1.82, 2.24) is 10.2 Å². The van der Waals surface area contributed by atoms with Gasteiger partial charge in [-0.25, -0.2) is 0 Å². The van der Waals surface area contributed by atoms with Crippen molar-refractivity contribution < 1.29 is 19.1 Å². The number of ether oxygens (including phenoxy) is 1. The molecular weight excluding hydrogens is 472 g/mol. The van der Waals surface area contributed by atoms with Crippen LogP contribution in [0.2, 0.25) is 0 Å². The molecule has 8 N–H and O–H groups in total. The molecule has 202 valence electrons. The third-order valence-electron chi connectivity index (χ3n) is 5.77. The summed E-state index contributed by atoms with van der Waals surface area (Å²) in [5.41, 5.74) is 19.7. The molecule has 0 aliphatic rings. The molecule has 0 saturated heterocycles. The fourth-order valence-corrected chi connectivity index (χ4v) is 3.81. The molecule has 0 radical (unpaired) electrons. The van der Waals surface area contributed by atoms with Gasteiger partial charge in [-0.1, -0.05) is 36.4 Å². The number of nitrogens with two attached hydrogens (primary N) is 3. The summed E-state index contributed by atoms with van der Waals surface area (Å²) in [6.45, 7) is 5.43. The van der Waals surface area contributed by atoms with Crippen LogP contribution >= 0.6 is 0 Å². The third kappa shape index (κ3) is 9.83. The fraction of sp³-hybridized carbons (Fsp3) is 0.444. The predicted molar refractivity (Wildman–Crippen MR) is 145 cm³/mol. The lowest BCUT2D eigenvalue weighted by Gasteiger charge is -2.24. The highest BCUT2D eigenvalue weighted by Crippen LogP contribution is 2.26. The lowest BCUT2D eigenvalue weighted by molar-refractivity contribution is -0.134. The normalized spacial score (nSPS) is 12.4. The number of nitrogens with zero attached hydrogens (tertiary/aromatic N) is 1. The summed E-state index contributed by atoms with van der Waals surface area (Å²) in [7, 11) is 0. The van der Waals surface area contributed by atoms with Gasteiger partial charge in [0.15, 0.2) is 0 Å². The Kier molecular flexibility index (Phi) is 12.5. The number of rotatable bonds is 15. The van der Waals surface area contributed by atoms with E-state index in [4.69, 9.17) is 21.9 Å². The van der Waals surface area contributed by atoms with E-state index in [0.717, 1.165) is 11.1 Å². The number of carbonyl (C=O) groups excluding carboxylic acids is 3. The average Bonchev–Trinajstić information content (AvgIpc) is 2.88. The lowest BCUT2D eigenvalue weighted by Crippen LogP contribution is -2.52. The van der Waals surface area contributed by atoms with E-state index in [0.29, 0.717) is 44.0 Å². The second-order valence-corrected chi connectivity index (χ2v) is 8.78. The molecule has 0 aromatic heterocycles. The number of aryl methyl sites for hydroxylation is 2. The summed E-state index contributed by atoms with van der Waals surface area (Å²) in [4.78, 5) is 40.3. The zero-order valence-corrected chi connectivity index (χ0v) is 21.7. The molecule has 10 nitrogen and oxygen atoms in total. The van der Waals surface area contributed by atoms with Crippen molar-refractivity contribution in [3.05, 3.63) is 59.7 Å². The quantitative estimate of drug-likeness (QED) is 0.236. The molecule has 37 heavy (non-hydrogen) atoms. The summed E-state index contributed by atoms with van der Waals surface area (Å²) >= 11 is 0. The minimum Gasteiger partial charge on any atom is -0.492 e. The summed E-state index contributed by atoms with van der Waals surface area (Å²) in [5, 5.41) is 5.61. The first kappa shape index (κ1) is 29.8. The molecule has 0 saturated carbocycles. The van der Waals surface area contributed by atoms with Crippen LogP contribution in [0.1, 0.15) is 30.9 Å². The maximum absolute atomic E-state index is 13.3. The fourth-order valence-electron chi connectivity index (χ4n) is 3.81. The Bertz CT molecular complexity index is 1010. The van der Waals surface area contributed by atoms with Crippen molar-refractivity contribution in [1.29, 1.82) is 0 Å². The van der Waals surface area contributed by atoms with Gasteiger partial charge >= 0.3 is 0 Å². The number of hydrogen-bond acceptors (Lipinski definition) is 7.